The van der Waals surface area contributed by atoms with Crippen LogP contribution in [-0.2, 0) is 0 Å². The molecule has 2 aromatic rings. The molecule has 0 saturated heterocycles. The standard InChI is InChI=1S/C12H13BrN2S/c1-8-3-4-10(13)11(7-8)15-9(2)12-14-5-6-16-12/h3-7,9,15H,1-2H3. The predicted molar refractivity (Wildman–Crippen MR) is 73.0 cm³/mol. The van der Waals surface area contributed by atoms with Crippen LogP contribution in [-0.4, -0.2) is 4.98 Å². The topological polar surface area (TPSA) is 24.9 Å². The van der Waals surface area contributed by atoms with Gasteiger partial charge in [0, 0.05) is 21.7 Å². The van der Waals surface area contributed by atoms with E-state index >= 15 is 0 Å². The first-order valence-corrected chi connectivity index (χ1v) is 6.76. The van der Waals surface area contributed by atoms with Crippen LogP contribution in [0.4, 0.5) is 5.69 Å². The van der Waals surface area contributed by atoms with Crippen molar-refractivity contribution < 1.29 is 0 Å². The number of rotatable bonds is 3. The largest absolute Gasteiger partial charge is 0.375 e. The number of nitrogens with zero attached hydrogens (tertiary/aromatic N) is 1. The highest BCUT2D eigenvalue weighted by Crippen LogP contribution is 2.28. The Balaban J connectivity index is 2.17. The Bertz CT molecular complexity index is 468. The molecule has 0 saturated carbocycles. The van der Waals surface area contributed by atoms with E-state index in [4.69, 9.17) is 0 Å². The first kappa shape index (κ1) is 11.6. The van der Waals surface area contributed by atoms with E-state index in [0.29, 0.717) is 0 Å². The Hall–Kier alpha value is -0.870. The maximum absolute atomic E-state index is 4.31. The number of thiazole rings is 1. The van der Waals surface area contributed by atoms with Gasteiger partial charge in [-0.3, -0.25) is 0 Å². The maximum Gasteiger partial charge on any atom is 0.115 e. The molecule has 0 aliphatic heterocycles. The second-order valence-electron chi connectivity index (χ2n) is 3.72. The lowest BCUT2D eigenvalue weighted by Gasteiger charge is -2.14. The van der Waals surface area contributed by atoms with Gasteiger partial charge in [0.1, 0.15) is 5.01 Å². The zero-order valence-corrected chi connectivity index (χ0v) is 11.6. The lowest BCUT2D eigenvalue weighted by molar-refractivity contribution is 0.868. The van der Waals surface area contributed by atoms with E-state index in [1.54, 1.807) is 11.3 Å². The molecule has 0 bridgehead atoms. The minimum absolute atomic E-state index is 0.234. The van der Waals surface area contributed by atoms with Crippen molar-refractivity contribution >= 4 is 33.0 Å². The molecule has 84 valence electrons. The molecule has 4 heteroatoms. The number of anilines is 1. The molecule has 1 aromatic carbocycles. The van der Waals surface area contributed by atoms with E-state index in [2.05, 4.69) is 58.3 Å². The second-order valence-corrected chi connectivity index (χ2v) is 5.50. The number of hydrogen-bond donors (Lipinski definition) is 1. The molecule has 0 aliphatic carbocycles. The van der Waals surface area contributed by atoms with Crippen molar-refractivity contribution in [1.82, 2.24) is 4.98 Å². The number of nitrogens with one attached hydrogen (secondary N) is 1. The number of benzene rings is 1. The monoisotopic (exact) mass is 296 g/mol. The van der Waals surface area contributed by atoms with Crippen LogP contribution in [0.2, 0.25) is 0 Å². The van der Waals surface area contributed by atoms with Crippen molar-refractivity contribution in [2.75, 3.05) is 5.32 Å². The molecule has 0 spiro atoms. The molecule has 0 amide bonds. The summed E-state index contributed by atoms with van der Waals surface area (Å²) in [5.41, 5.74) is 2.36. The van der Waals surface area contributed by atoms with Gasteiger partial charge in [0.2, 0.25) is 0 Å². The van der Waals surface area contributed by atoms with E-state index < -0.39 is 0 Å². The van der Waals surface area contributed by atoms with Crippen LogP contribution in [0.15, 0.2) is 34.2 Å². The zero-order chi connectivity index (χ0) is 11.5. The molecule has 2 nitrogen and oxygen atoms in total. The van der Waals surface area contributed by atoms with E-state index in [0.717, 1.165) is 15.2 Å². The van der Waals surface area contributed by atoms with Crippen LogP contribution in [0.25, 0.3) is 0 Å². The van der Waals surface area contributed by atoms with Crippen molar-refractivity contribution in [2.45, 2.75) is 19.9 Å². The highest BCUT2D eigenvalue weighted by atomic mass is 79.9. The van der Waals surface area contributed by atoms with Gasteiger partial charge in [-0.05, 0) is 47.5 Å². The molecule has 0 aliphatic rings. The summed E-state index contributed by atoms with van der Waals surface area (Å²) < 4.78 is 1.08. The lowest BCUT2D eigenvalue weighted by Crippen LogP contribution is -2.06. The second kappa shape index (κ2) is 4.97. The number of halogens is 1. The third kappa shape index (κ3) is 2.62. The van der Waals surface area contributed by atoms with Crippen LogP contribution >= 0.6 is 27.3 Å². The fourth-order valence-corrected chi connectivity index (χ4v) is 2.50. The van der Waals surface area contributed by atoms with Crippen molar-refractivity contribution in [2.24, 2.45) is 0 Å². The van der Waals surface area contributed by atoms with Gasteiger partial charge in [-0.15, -0.1) is 11.3 Å². The normalized spacial score (nSPS) is 12.4. The molecule has 0 radical (unpaired) electrons. The first-order chi connectivity index (χ1) is 7.66. The van der Waals surface area contributed by atoms with Crippen LogP contribution in [0.3, 0.4) is 0 Å². The third-order valence-corrected chi connectivity index (χ3v) is 3.97. The average molecular weight is 297 g/mol. The zero-order valence-electron chi connectivity index (χ0n) is 9.20. The molecule has 1 atom stereocenters. The van der Waals surface area contributed by atoms with E-state index in [9.17, 15) is 0 Å². The van der Waals surface area contributed by atoms with Crippen molar-refractivity contribution in [3.05, 3.63) is 44.8 Å². The van der Waals surface area contributed by atoms with Crippen LogP contribution in [0.1, 0.15) is 23.5 Å². The summed E-state index contributed by atoms with van der Waals surface area (Å²) in [5, 5.41) is 6.56. The van der Waals surface area contributed by atoms with Gasteiger partial charge in [0.25, 0.3) is 0 Å². The molecule has 0 fully saturated rings. The van der Waals surface area contributed by atoms with Gasteiger partial charge in [0.05, 0.1) is 6.04 Å². The summed E-state index contributed by atoms with van der Waals surface area (Å²) in [6.07, 6.45) is 1.84. The van der Waals surface area contributed by atoms with E-state index in [1.807, 2.05) is 11.6 Å². The Kier molecular flexibility index (Phi) is 3.61. The van der Waals surface area contributed by atoms with Crippen LogP contribution < -0.4 is 5.32 Å². The smallest absolute Gasteiger partial charge is 0.115 e. The Labute approximate surface area is 108 Å². The average Bonchev–Trinajstić information content (AvgIpc) is 2.76. The fraction of sp³-hybridized carbons (Fsp3) is 0.250. The van der Waals surface area contributed by atoms with Crippen molar-refractivity contribution in [3.8, 4) is 0 Å². The van der Waals surface area contributed by atoms with Gasteiger partial charge in [0.15, 0.2) is 0 Å². The summed E-state index contributed by atoms with van der Waals surface area (Å²) in [6.45, 7) is 4.21. The Morgan fingerprint density at radius 1 is 1.44 bits per heavy atom. The molecule has 1 unspecified atom stereocenters. The lowest BCUT2D eigenvalue weighted by atomic mass is 10.2. The minimum atomic E-state index is 0.234. The molecule has 2 rings (SSSR count). The fourth-order valence-electron chi connectivity index (χ4n) is 1.49. The predicted octanol–water partition coefficient (Wildman–Crippen LogP) is 4.39. The maximum atomic E-state index is 4.31. The highest BCUT2D eigenvalue weighted by Gasteiger charge is 2.09. The molecule has 1 aromatic heterocycles. The molecule has 16 heavy (non-hydrogen) atoms. The quantitative estimate of drug-likeness (QED) is 0.909. The van der Waals surface area contributed by atoms with Gasteiger partial charge in [-0.2, -0.15) is 0 Å². The summed E-state index contributed by atoms with van der Waals surface area (Å²) in [6, 6.07) is 6.52. The summed E-state index contributed by atoms with van der Waals surface area (Å²) in [7, 11) is 0. The van der Waals surface area contributed by atoms with Gasteiger partial charge < -0.3 is 5.32 Å². The Morgan fingerprint density at radius 2 is 2.25 bits per heavy atom. The number of aromatic nitrogens is 1. The number of hydrogen-bond acceptors (Lipinski definition) is 3. The van der Waals surface area contributed by atoms with Crippen LogP contribution in [0, 0.1) is 6.92 Å². The van der Waals surface area contributed by atoms with Gasteiger partial charge in [-0.1, -0.05) is 6.07 Å². The molecular weight excluding hydrogens is 284 g/mol. The van der Waals surface area contributed by atoms with E-state index in [-0.39, 0.29) is 6.04 Å². The SMILES string of the molecule is Cc1ccc(Br)c(NC(C)c2nccs2)c1. The molecular formula is C12H13BrN2S. The van der Waals surface area contributed by atoms with Crippen molar-refractivity contribution in [3.63, 3.8) is 0 Å². The molecule has 1 heterocycles. The summed E-state index contributed by atoms with van der Waals surface area (Å²) >= 11 is 5.21. The van der Waals surface area contributed by atoms with Crippen LogP contribution in [0.5, 0.6) is 0 Å². The van der Waals surface area contributed by atoms with Gasteiger partial charge >= 0.3 is 0 Å². The molecule has 1 N–H and O–H groups in total. The Morgan fingerprint density at radius 3 is 2.94 bits per heavy atom. The highest BCUT2D eigenvalue weighted by molar-refractivity contribution is 9.10. The summed E-state index contributed by atoms with van der Waals surface area (Å²) in [5.74, 6) is 0. The minimum Gasteiger partial charge on any atom is -0.375 e. The summed E-state index contributed by atoms with van der Waals surface area (Å²) in [4.78, 5) is 4.31. The van der Waals surface area contributed by atoms with E-state index in [1.165, 1.54) is 5.56 Å². The van der Waals surface area contributed by atoms with Crippen molar-refractivity contribution in [1.29, 1.82) is 0 Å². The number of aryl methyl sites for hydroxylation is 1. The third-order valence-electron chi connectivity index (χ3n) is 2.32. The first-order valence-electron chi connectivity index (χ1n) is 5.09. The van der Waals surface area contributed by atoms with Gasteiger partial charge in [-0.25, -0.2) is 4.98 Å².